The predicted molar refractivity (Wildman–Crippen MR) is 29.0 cm³/mol. The van der Waals surface area contributed by atoms with Gasteiger partial charge in [0.05, 0.1) is 10.2 Å². The highest BCUT2D eigenvalue weighted by molar-refractivity contribution is 6.67. The van der Waals surface area contributed by atoms with Gasteiger partial charge in [0.25, 0.3) is 0 Å². The molecule has 0 aromatic rings. The normalized spacial score (nSPS) is 10.3. The van der Waals surface area contributed by atoms with Gasteiger partial charge in [-0.3, -0.25) is 0 Å². The van der Waals surface area contributed by atoms with E-state index in [0.29, 0.717) is 0 Å². The van der Waals surface area contributed by atoms with E-state index >= 15 is 0 Å². The van der Waals surface area contributed by atoms with Gasteiger partial charge in [0.2, 0.25) is 0 Å². The number of alkyl halides is 2. The fraction of sp³-hybridized carbons (Fsp3) is 0.333. The van der Waals surface area contributed by atoms with E-state index in [4.69, 9.17) is 29.6 Å². The van der Waals surface area contributed by atoms with Crippen LogP contribution in [0.3, 0.4) is 0 Å². The molecule has 0 aromatic carbocycles. The van der Waals surface area contributed by atoms with E-state index in [1.54, 1.807) is 0 Å². The Morgan fingerprint density at radius 2 is 1.83 bits per heavy atom. The molecule has 0 spiro atoms. The summed E-state index contributed by atoms with van der Waals surface area (Å²) in [4.78, 5) is 0. The average Bonchev–Trinajstić information content (AvgIpc) is 1.35. The Kier molecular flexibility index (Phi) is 1.99. The molecule has 0 bridgehead atoms. The second-order valence-corrected chi connectivity index (χ2v) is 3.43. The summed E-state index contributed by atoms with van der Waals surface area (Å²) in [6.07, 6.45) is 4.74. The number of halogens is 2. The third kappa shape index (κ3) is 4.36. The van der Waals surface area contributed by atoms with Crippen molar-refractivity contribution in [3.05, 3.63) is 0 Å². The van der Waals surface area contributed by atoms with Crippen molar-refractivity contribution in [1.82, 2.24) is 0 Å². The molecule has 0 rings (SSSR count). The maximum atomic E-state index is 5.16. The molecular weight excluding hydrogens is 135 g/mol. The SMILES string of the molecule is C#CC([Si])(Cl)Cl. The lowest BCUT2D eigenvalue weighted by atomic mass is 10.8. The summed E-state index contributed by atoms with van der Waals surface area (Å²) in [5.41, 5.74) is 0. The zero-order valence-electron chi connectivity index (χ0n) is 2.83. The van der Waals surface area contributed by atoms with Crippen LogP contribution in [-0.4, -0.2) is 14.2 Å². The van der Waals surface area contributed by atoms with E-state index in [1.165, 1.54) is 0 Å². The summed E-state index contributed by atoms with van der Waals surface area (Å²) < 4.78 is -1.18. The highest BCUT2D eigenvalue weighted by Crippen LogP contribution is 2.11. The highest BCUT2D eigenvalue weighted by atomic mass is 35.5. The van der Waals surface area contributed by atoms with E-state index in [-0.39, 0.29) is 0 Å². The Hall–Kier alpha value is 0.357. The van der Waals surface area contributed by atoms with Crippen LogP contribution in [0.4, 0.5) is 0 Å². The summed E-state index contributed by atoms with van der Waals surface area (Å²) in [5.74, 6) is 2.05. The fourth-order valence-corrected chi connectivity index (χ4v) is 0. The van der Waals surface area contributed by atoms with Gasteiger partial charge in [0.15, 0.2) is 3.96 Å². The third-order valence-electron chi connectivity index (χ3n) is 0.181. The van der Waals surface area contributed by atoms with Gasteiger partial charge in [-0.15, -0.1) is 6.42 Å². The molecule has 0 N–H and O–H groups in total. The van der Waals surface area contributed by atoms with Crippen LogP contribution in [0.1, 0.15) is 0 Å². The van der Waals surface area contributed by atoms with Crippen molar-refractivity contribution in [2.75, 3.05) is 0 Å². The minimum Gasteiger partial charge on any atom is -0.117 e. The van der Waals surface area contributed by atoms with Crippen LogP contribution in [0.5, 0.6) is 0 Å². The van der Waals surface area contributed by atoms with Crippen molar-refractivity contribution < 1.29 is 0 Å². The summed E-state index contributed by atoms with van der Waals surface area (Å²) in [5, 5.41) is 0. The molecule has 31 valence electrons. The second-order valence-electron chi connectivity index (χ2n) is 0.719. The Bertz CT molecular complexity index is 75.8. The summed E-state index contributed by atoms with van der Waals surface area (Å²) in [6.45, 7) is 0. The first-order valence-electron chi connectivity index (χ1n) is 1.17. The van der Waals surface area contributed by atoms with Crippen LogP contribution in [0.25, 0.3) is 0 Å². The third-order valence-corrected chi connectivity index (χ3v) is 0.544. The lowest BCUT2D eigenvalue weighted by Gasteiger charge is -1.97. The maximum absolute atomic E-state index is 5.16. The quantitative estimate of drug-likeness (QED) is 0.264. The fourth-order valence-electron chi connectivity index (χ4n) is 0. The molecule has 0 aliphatic carbocycles. The molecule has 3 radical (unpaired) electrons. The van der Waals surface area contributed by atoms with Gasteiger partial charge in [0.1, 0.15) is 0 Å². The highest BCUT2D eigenvalue weighted by Gasteiger charge is 2.08. The van der Waals surface area contributed by atoms with Crippen molar-refractivity contribution in [3.63, 3.8) is 0 Å². The number of hydrogen-bond donors (Lipinski definition) is 0. The molecule has 0 atom stereocenters. The van der Waals surface area contributed by atoms with Gasteiger partial charge >= 0.3 is 0 Å². The van der Waals surface area contributed by atoms with Gasteiger partial charge in [-0.25, -0.2) is 0 Å². The van der Waals surface area contributed by atoms with Gasteiger partial charge in [-0.05, 0) is 0 Å². The monoisotopic (exact) mass is 135 g/mol. The molecular formula is C3HCl2Si. The molecule has 6 heavy (non-hydrogen) atoms. The van der Waals surface area contributed by atoms with Crippen molar-refractivity contribution in [1.29, 1.82) is 0 Å². The molecule has 0 aliphatic rings. The first kappa shape index (κ1) is 6.36. The average molecular weight is 136 g/mol. The van der Waals surface area contributed by atoms with Crippen molar-refractivity contribution in [2.24, 2.45) is 0 Å². The number of terminal acetylenes is 1. The first-order valence-corrected chi connectivity index (χ1v) is 2.42. The lowest BCUT2D eigenvalue weighted by molar-refractivity contribution is 1.57. The van der Waals surface area contributed by atoms with Crippen molar-refractivity contribution >= 4 is 33.4 Å². The molecule has 0 saturated heterocycles. The first-order chi connectivity index (χ1) is 2.56. The zero-order chi connectivity index (χ0) is 5.21. The van der Waals surface area contributed by atoms with Crippen LogP contribution in [0, 0.1) is 12.3 Å². The summed E-state index contributed by atoms with van der Waals surface area (Å²) in [7, 11) is 2.82. The molecule has 0 nitrogen and oxygen atoms in total. The van der Waals surface area contributed by atoms with E-state index in [1.807, 2.05) is 5.92 Å². The predicted octanol–water partition coefficient (Wildman–Crippen LogP) is 0.919. The van der Waals surface area contributed by atoms with Crippen LogP contribution in [-0.2, 0) is 0 Å². The number of hydrogen-bond acceptors (Lipinski definition) is 0. The van der Waals surface area contributed by atoms with E-state index in [9.17, 15) is 0 Å². The van der Waals surface area contributed by atoms with Gasteiger partial charge in [0, 0.05) is 0 Å². The van der Waals surface area contributed by atoms with Crippen LogP contribution >= 0.6 is 23.2 Å². The molecule has 0 fully saturated rings. The topological polar surface area (TPSA) is 0 Å². The molecule has 0 heterocycles. The van der Waals surface area contributed by atoms with Gasteiger partial charge in [-0.2, -0.15) is 0 Å². The maximum Gasteiger partial charge on any atom is 0.156 e. The molecule has 0 amide bonds. The lowest BCUT2D eigenvalue weighted by Crippen LogP contribution is -2.06. The van der Waals surface area contributed by atoms with Crippen LogP contribution in [0.15, 0.2) is 0 Å². The van der Waals surface area contributed by atoms with Crippen LogP contribution < -0.4 is 0 Å². The van der Waals surface area contributed by atoms with E-state index < -0.39 is 3.96 Å². The summed E-state index contributed by atoms with van der Waals surface area (Å²) >= 11 is 10.3. The van der Waals surface area contributed by atoms with Gasteiger partial charge in [-0.1, -0.05) is 29.1 Å². The van der Waals surface area contributed by atoms with E-state index in [2.05, 4.69) is 10.2 Å². The molecule has 3 heteroatoms. The summed E-state index contributed by atoms with van der Waals surface area (Å²) in [6, 6.07) is 0. The second kappa shape index (κ2) is 1.88. The van der Waals surface area contributed by atoms with Gasteiger partial charge < -0.3 is 0 Å². The molecule has 0 aliphatic heterocycles. The standard InChI is InChI=1S/C3HCl2Si/c1-2-3(4,5)6/h1H. The Labute approximate surface area is 50.2 Å². The van der Waals surface area contributed by atoms with E-state index in [0.717, 1.165) is 0 Å². The Balaban J connectivity index is 3.55. The zero-order valence-corrected chi connectivity index (χ0v) is 5.35. The van der Waals surface area contributed by atoms with Crippen molar-refractivity contribution in [2.45, 2.75) is 3.96 Å². The largest absolute Gasteiger partial charge is 0.156 e. The number of rotatable bonds is 0. The molecule has 0 aromatic heterocycles. The minimum absolute atomic E-state index is 1.18. The minimum atomic E-state index is -1.18. The van der Waals surface area contributed by atoms with Crippen molar-refractivity contribution in [3.8, 4) is 12.3 Å². The Morgan fingerprint density at radius 1 is 1.67 bits per heavy atom. The Morgan fingerprint density at radius 3 is 1.83 bits per heavy atom. The smallest absolute Gasteiger partial charge is 0.117 e. The van der Waals surface area contributed by atoms with Crippen LogP contribution in [0.2, 0.25) is 0 Å². The molecule has 0 unspecified atom stereocenters. The molecule has 0 saturated carbocycles.